The Hall–Kier alpha value is -1.78. The molecular weight excluding hydrogens is 372 g/mol. The van der Waals surface area contributed by atoms with Crippen LogP contribution >= 0.6 is 15.9 Å². The monoisotopic (exact) mass is 382 g/mol. The van der Waals surface area contributed by atoms with E-state index in [4.69, 9.17) is 0 Å². The Morgan fingerprint density at radius 3 is 3.00 bits per heavy atom. The van der Waals surface area contributed by atoms with E-state index in [1.165, 1.54) is 10.5 Å². The van der Waals surface area contributed by atoms with Gasteiger partial charge in [0.1, 0.15) is 10.5 Å². The van der Waals surface area contributed by atoms with Crippen LogP contribution in [-0.2, 0) is 23.1 Å². The first-order valence-electron chi connectivity index (χ1n) is 6.56. The molecule has 10 heteroatoms. The Labute approximate surface area is 134 Å². The van der Waals surface area contributed by atoms with E-state index in [1.807, 2.05) is 0 Å². The molecule has 1 aliphatic heterocycles. The van der Waals surface area contributed by atoms with Crippen LogP contribution in [0.4, 0.5) is 0 Å². The third-order valence-electron chi connectivity index (χ3n) is 3.68. The number of sulfonamides is 1. The first-order valence-corrected chi connectivity index (χ1v) is 8.79. The summed E-state index contributed by atoms with van der Waals surface area (Å²) in [7, 11) is -3.61. The highest BCUT2D eigenvalue weighted by molar-refractivity contribution is 9.10. The Kier molecular flexibility index (Phi) is 3.06. The van der Waals surface area contributed by atoms with Gasteiger partial charge in [0, 0.05) is 28.8 Å². The van der Waals surface area contributed by atoms with Crippen molar-refractivity contribution in [1.82, 2.24) is 29.3 Å². The number of H-pyrrole nitrogens is 1. The Morgan fingerprint density at radius 1 is 1.27 bits per heavy atom. The van der Waals surface area contributed by atoms with Crippen LogP contribution in [0.5, 0.6) is 0 Å². The molecule has 4 heterocycles. The Bertz CT molecular complexity index is 963. The zero-order chi connectivity index (χ0) is 15.3. The van der Waals surface area contributed by atoms with E-state index in [1.54, 1.807) is 23.1 Å². The topological polar surface area (TPSA) is 96.8 Å². The van der Waals surface area contributed by atoms with Gasteiger partial charge in [-0.15, -0.1) is 5.10 Å². The minimum absolute atomic E-state index is 0.234. The smallest absolute Gasteiger partial charge is 0.245 e. The maximum atomic E-state index is 12.9. The van der Waals surface area contributed by atoms with Gasteiger partial charge >= 0.3 is 0 Å². The van der Waals surface area contributed by atoms with Gasteiger partial charge in [-0.25, -0.2) is 18.1 Å². The van der Waals surface area contributed by atoms with Crippen molar-refractivity contribution in [2.24, 2.45) is 0 Å². The summed E-state index contributed by atoms with van der Waals surface area (Å²) in [6, 6.07) is 1.75. The minimum Gasteiger partial charge on any atom is -0.345 e. The molecular formula is C12H11BrN6O2S. The van der Waals surface area contributed by atoms with E-state index in [-0.39, 0.29) is 11.4 Å². The third kappa shape index (κ3) is 2.06. The highest BCUT2D eigenvalue weighted by Gasteiger charge is 2.31. The molecule has 0 bridgehead atoms. The normalized spacial score (nSPS) is 16.0. The molecule has 0 unspecified atom stereocenters. The molecule has 22 heavy (non-hydrogen) atoms. The first-order chi connectivity index (χ1) is 10.6. The summed E-state index contributed by atoms with van der Waals surface area (Å²) in [6.07, 6.45) is 4.71. The van der Waals surface area contributed by atoms with Gasteiger partial charge in [0.05, 0.1) is 25.0 Å². The number of nitrogens with zero attached hydrogens (tertiary/aromatic N) is 5. The summed E-state index contributed by atoms with van der Waals surface area (Å²) >= 11 is 3.33. The second-order valence-electron chi connectivity index (χ2n) is 4.99. The van der Waals surface area contributed by atoms with Crippen LogP contribution in [0.15, 0.2) is 34.0 Å². The Morgan fingerprint density at radius 2 is 2.14 bits per heavy atom. The second kappa shape index (κ2) is 4.86. The number of aromatic amines is 1. The molecule has 0 spiro atoms. The fourth-order valence-corrected chi connectivity index (χ4v) is 4.44. The van der Waals surface area contributed by atoms with Crippen molar-refractivity contribution in [3.63, 3.8) is 0 Å². The number of rotatable bonds is 2. The van der Waals surface area contributed by atoms with Crippen molar-refractivity contribution >= 4 is 37.0 Å². The molecule has 0 radical (unpaired) electrons. The number of aromatic nitrogens is 5. The van der Waals surface area contributed by atoms with Crippen molar-refractivity contribution in [2.45, 2.75) is 18.0 Å². The molecule has 4 rings (SSSR count). The largest absolute Gasteiger partial charge is 0.345 e. The SMILES string of the molecule is O=S(=O)(c1c[nH]c2ncc(Br)cc12)N1CCn2nncc2C1. The molecule has 1 aliphatic rings. The lowest BCUT2D eigenvalue weighted by Gasteiger charge is -2.26. The molecule has 3 aromatic heterocycles. The summed E-state index contributed by atoms with van der Waals surface area (Å²) in [5, 5.41) is 8.31. The maximum Gasteiger partial charge on any atom is 0.245 e. The highest BCUT2D eigenvalue weighted by atomic mass is 79.9. The standard InChI is InChI=1S/C12H11BrN6O2S/c13-8-3-10-11(6-15-12(10)14-4-8)22(20,21)18-1-2-19-9(7-18)5-16-17-19/h3-6H,1-2,7H2,(H,14,15). The maximum absolute atomic E-state index is 12.9. The number of halogens is 1. The first kappa shape index (κ1) is 13.9. The zero-order valence-electron chi connectivity index (χ0n) is 11.3. The summed E-state index contributed by atoms with van der Waals surface area (Å²) in [6.45, 7) is 1.13. The molecule has 8 nitrogen and oxygen atoms in total. The Balaban J connectivity index is 1.79. The van der Waals surface area contributed by atoms with Crippen molar-refractivity contribution in [1.29, 1.82) is 0 Å². The van der Waals surface area contributed by atoms with E-state index in [0.717, 1.165) is 10.2 Å². The van der Waals surface area contributed by atoms with Gasteiger partial charge in [0.2, 0.25) is 10.0 Å². The predicted octanol–water partition coefficient (Wildman–Crippen LogP) is 1.12. The number of fused-ring (bicyclic) bond motifs is 2. The summed E-state index contributed by atoms with van der Waals surface area (Å²) in [5.74, 6) is 0. The minimum atomic E-state index is -3.61. The van der Waals surface area contributed by atoms with E-state index >= 15 is 0 Å². The number of pyridine rings is 1. The van der Waals surface area contributed by atoms with Gasteiger partial charge in [-0.05, 0) is 22.0 Å². The summed E-state index contributed by atoms with van der Waals surface area (Å²) < 4.78 is 29.7. The van der Waals surface area contributed by atoms with Gasteiger partial charge < -0.3 is 4.98 Å². The van der Waals surface area contributed by atoms with Crippen LogP contribution in [0, 0.1) is 0 Å². The van der Waals surface area contributed by atoms with Crippen molar-refractivity contribution in [2.75, 3.05) is 6.54 Å². The number of nitrogens with one attached hydrogen (secondary N) is 1. The van der Waals surface area contributed by atoms with E-state index < -0.39 is 10.0 Å². The molecule has 0 atom stereocenters. The fraction of sp³-hybridized carbons (Fsp3) is 0.250. The van der Waals surface area contributed by atoms with Crippen LogP contribution in [0.2, 0.25) is 0 Å². The van der Waals surface area contributed by atoms with E-state index in [9.17, 15) is 8.42 Å². The van der Waals surface area contributed by atoms with Gasteiger partial charge in [0.15, 0.2) is 0 Å². The lowest BCUT2D eigenvalue weighted by atomic mass is 10.3. The van der Waals surface area contributed by atoms with Crippen molar-refractivity contribution < 1.29 is 8.42 Å². The van der Waals surface area contributed by atoms with Crippen LogP contribution in [0.3, 0.4) is 0 Å². The number of hydrogen-bond donors (Lipinski definition) is 1. The van der Waals surface area contributed by atoms with E-state index in [0.29, 0.717) is 24.1 Å². The number of hydrogen-bond acceptors (Lipinski definition) is 5. The molecule has 0 aliphatic carbocycles. The molecule has 0 saturated heterocycles. The van der Waals surface area contributed by atoms with Crippen molar-refractivity contribution in [3.05, 3.63) is 34.8 Å². The third-order valence-corrected chi connectivity index (χ3v) is 5.99. The van der Waals surface area contributed by atoms with Crippen LogP contribution in [0.25, 0.3) is 11.0 Å². The average Bonchev–Trinajstić information content (AvgIpc) is 3.12. The lowest BCUT2D eigenvalue weighted by molar-refractivity contribution is 0.325. The molecule has 0 amide bonds. The molecule has 3 aromatic rings. The fourth-order valence-electron chi connectivity index (χ4n) is 2.57. The van der Waals surface area contributed by atoms with Crippen LogP contribution in [0.1, 0.15) is 5.69 Å². The van der Waals surface area contributed by atoms with Crippen LogP contribution < -0.4 is 0 Å². The summed E-state index contributed by atoms with van der Waals surface area (Å²) in [5.41, 5.74) is 1.33. The zero-order valence-corrected chi connectivity index (χ0v) is 13.7. The molecule has 0 fully saturated rings. The van der Waals surface area contributed by atoms with Gasteiger partial charge in [-0.2, -0.15) is 4.31 Å². The molecule has 0 saturated carbocycles. The lowest BCUT2D eigenvalue weighted by Crippen LogP contribution is -2.38. The predicted molar refractivity (Wildman–Crippen MR) is 81.4 cm³/mol. The highest BCUT2D eigenvalue weighted by Crippen LogP contribution is 2.28. The molecule has 114 valence electrons. The van der Waals surface area contributed by atoms with Crippen LogP contribution in [-0.4, -0.2) is 44.2 Å². The van der Waals surface area contributed by atoms with Gasteiger partial charge in [-0.1, -0.05) is 5.21 Å². The second-order valence-corrected chi connectivity index (χ2v) is 7.81. The van der Waals surface area contributed by atoms with Gasteiger partial charge in [-0.3, -0.25) is 0 Å². The summed E-state index contributed by atoms with van der Waals surface area (Å²) in [4.78, 5) is 7.32. The molecule has 0 aromatic carbocycles. The molecule has 1 N–H and O–H groups in total. The van der Waals surface area contributed by atoms with Crippen molar-refractivity contribution in [3.8, 4) is 0 Å². The average molecular weight is 383 g/mol. The van der Waals surface area contributed by atoms with Gasteiger partial charge in [0.25, 0.3) is 0 Å². The quantitative estimate of drug-likeness (QED) is 0.716. The van der Waals surface area contributed by atoms with E-state index in [2.05, 4.69) is 36.2 Å².